The molecule has 1 unspecified atom stereocenters. The molecular weight excluding hydrogens is 254 g/mol. The molecule has 0 aromatic carbocycles. The Morgan fingerprint density at radius 1 is 1.50 bits per heavy atom. The van der Waals surface area contributed by atoms with Gasteiger partial charge in [0.15, 0.2) is 5.84 Å². The van der Waals surface area contributed by atoms with E-state index in [-0.39, 0.29) is 17.5 Å². The number of rotatable bonds is 7. The third-order valence-corrected chi connectivity index (χ3v) is 4.81. The molecule has 1 atom stereocenters. The molecule has 1 fully saturated rings. The number of nitrogens with one attached hydrogen (secondary N) is 1. The van der Waals surface area contributed by atoms with Gasteiger partial charge in [-0.15, -0.1) is 0 Å². The SMILES string of the molecule is CC(C)C(NS(=O)(=O)CCC1CCC1)C(N)=NO. The van der Waals surface area contributed by atoms with Crippen LogP contribution in [0.15, 0.2) is 5.16 Å². The summed E-state index contributed by atoms with van der Waals surface area (Å²) in [5, 5.41) is 11.5. The van der Waals surface area contributed by atoms with Gasteiger partial charge in [0.1, 0.15) is 0 Å². The number of amidine groups is 1. The van der Waals surface area contributed by atoms with E-state index in [1.54, 1.807) is 0 Å². The molecule has 1 rings (SSSR count). The molecule has 1 saturated carbocycles. The van der Waals surface area contributed by atoms with Crippen molar-refractivity contribution in [2.24, 2.45) is 22.7 Å². The molecule has 0 spiro atoms. The Kier molecular flexibility index (Phi) is 5.40. The van der Waals surface area contributed by atoms with E-state index in [1.807, 2.05) is 13.8 Å². The van der Waals surface area contributed by atoms with Gasteiger partial charge in [0.2, 0.25) is 10.0 Å². The van der Waals surface area contributed by atoms with E-state index in [2.05, 4.69) is 9.88 Å². The van der Waals surface area contributed by atoms with Gasteiger partial charge in [-0.05, 0) is 18.3 Å². The lowest BCUT2D eigenvalue weighted by Crippen LogP contribution is -2.48. The standard InChI is InChI=1S/C11H23N3O3S/c1-8(2)10(11(12)13-15)14-18(16,17)7-6-9-4-3-5-9/h8-10,14-15H,3-7H2,1-2H3,(H2,12,13). The average Bonchev–Trinajstić information content (AvgIpc) is 2.22. The molecular formula is C11H23N3O3S. The fourth-order valence-electron chi connectivity index (χ4n) is 1.96. The molecule has 0 bridgehead atoms. The van der Waals surface area contributed by atoms with Gasteiger partial charge >= 0.3 is 0 Å². The van der Waals surface area contributed by atoms with Gasteiger partial charge in [0, 0.05) is 0 Å². The van der Waals surface area contributed by atoms with Gasteiger partial charge in [0.25, 0.3) is 0 Å². The predicted molar refractivity (Wildman–Crippen MR) is 70.9 cm³/mol. The fourth-order valence-corrected chi connectivity index (χ4v) is 3.50. The number of oxime groups is 1. The van der Waals surface area contributed by atoms with Gasteiger partial charge in [-0.2, -0.15) is 0 Å². The topological polar surface area (TPSA) is 105 Å². The molecule has 1 aliphatic rings. The number of hydrogen-bond acceptors (Lipinski definition) is 4. The van der Waals surface area contributed by atoms with E-state index in [9.17, 15) is 8.42 Å². The zero-order valence-corrected chi connectivity index (χ0v) is 11.8. The zero-order chi connectivity index (χ0) is 13.8. The van der Waals surface area contributed by atoms with Gasteiger partial charge in [0.05, 0.1) is 11.8 Å². The summed E-state index contributed by atoms with van der Waals surface area (Å²) >= 11 is 0. The Hall–Kier alpha value is -0.820. The second-order valence-electron chi connectivity index (χ2n) is 5.27. The minimum absolute atomic E-state index is 0.0700. The second-order valence-corrected chi connectivity index (χ2v) is 7.14. The average molecular weight is 277 g/mol. The maximum Gasteiger partial charge on any atom is 0.212 e. The van der Waals surface area contributed by atoms with Crippen molar-refractivity contribution >= 4 is 15.9 Å². The van der Waals surface area contributed by atoms with Crippen molar-refractivity contribution in [2.75, 3.05) is 5.75 Å². The molecule has 106 valence electrons. The van der Waals surface area contributed by atoms with Crippen molar-refractivity contribution in [3.63, 3.8) is 0 Å². The lowest BCUT2D eigenvalue weighted by Gasteiger charge is -2.26. The molecule has 0 radical (unpaired) electrons. The van der Waals surface area contributed by atoms with Crippen LogP contribution in [0.5, 0.6) is 0 Å². The highest BCUT2D eigenvalue weighted by Crippen LogP contribution is 2.29. The highest BCUT2D eigenvalue weighted by Gasteiger charge is 2.26. The van der Waals surface area contributed by atoms with Crippen molar-refractivity contribution in [1.82, 2.24) is 4.72 Å². The van der Waals surface area contributed by atoms with Crippen molar-refractivity contribution in [1.29, 1.82) is 0 Å². The van der Waals surface area contributed by atoms with Crippen LogP contribution in [0.1, 0.15) is 39.5 Å². The number of nitrogens with zero attached hydrogens (tertiary/aromatic N) is 1. The van der Waals surface area contributed by atoms with Gasteiger partial charge in [-0.1, -0.05) is 38.3 Å². The molecule has 7 heteroatoms. The molecule has 4 N–H and O–H groups in total. The lowest BCUT2D eigenvalue weighted by atomic mass is 9.84. The maximum absolute atomic E-state index is 11.9. The first-order valence-electron chi connectivity index (χ1n) is 6.33. The van der Waals surface area contributed by atoms with Crippen LogP contribution in [0, 0.1) is 11.8 Å². The fraction of sp³-hybridized carbons (Fsp3) is 0.909. The summed E-state index contributed by atoms with van der Waals surface area (Å²) < 4.78 is 26.3. The normalized spacial score (nSPS) is 19.8. The zero-order valence-electron chi connectivity index (χ0n) is 11.0. The van der Waals surface area contributed by atoms with Crippen molar-refractivity contribution in [3.05, 3.63) is 0 Å². The Labute approximate surface area is 109 Å². The molecule has 0 aliphatic heterocycles. The molecule has 18 heavy (non-hydrogen) atoms. The molecule has 0 saturated heterocycles. The summed E-state index contributed by atoms with van der Waals surface area (Å²) in [7, 11) is -3.37. The molecule has 0 aromatic rings. The monoisotopic (exact) mass is 277 g/mol. The molecule has 6 nitrogen and oxygen atoms in total. The first-order valence-corrected chi connectivity index (χ1v) is 7.98. The van der Waals surface area contributed by atoms with Crippen molar-refractivity contribution < 1.29 is 13.6 Å². The largest absolute Gasteiger partial charge is 0.409 e. The molecule has 0 aromatic heterocycles. The summed E-state index contributed by atoms with van der Waals surface area (Å²) in [6.45, 7) is 3.63. The number of sulfonamides is 1. The Morgan fingerprint density at radius 2 is 2.11 bits per heavy atom. The van der Waals surface area contributed by atoms with Crippen LogP contribution < -0.4 is 10.5 Å². The van der Waals surface area contributed by atoms with Crippen LogP contribution in [0.25, 0.3) is 0 Å². The van der Waals surface area contributed by atoms with Crippen LogP contribution in [-0.4, -0.2) is 31.3 Å². The quantitative estimate of drug-likeness (QED) is 0.278. The predicted octanol–water partition coefficient (Wildman–Crippen LogP) is 0.867. The van der Waals surface area contributed by atoms with E-state index < -0.39 is 16.1 Å². The van der Waals surface area contributed by atoms with Crippen molar-refractivity contribution in [2.45, 2.75) is 45.6 Å². The van der Waals surface area contributed by atoms with E-state index in [0.717, 1.165) is 12.8 Å². The maximum atomic E-state index is 11.9. The summed E-state index contributed by atoms with van der Waals surface area (Å²) in [4.78, 5) is 0. The number of nitrogens with two attached hydrogens (primary N) is 1. The third kappa shape index (κ3) is 4.45. The van der Waals surface area contributed by atoms with Gasteiger partial charge in [-0.25, -0.2) is 13.1 Å². The number of hydrogen-bond donors (Lipinski definition) is 3. The highest BCUT2D eigenvalue weighted by atomic mass is 32.2. The van der Waals surface area contributed by atoms with Gasteiger partial charge in [-0.3, -0.25) is 0 Å². The summed E-state index contributed by atoms with van der Waals surface area (Å²) in [5.74, 6) is 0.485. The van der Waals surface area contributed by atoms with Crippen molar-refractivity contribution in [3.8, 4) is 0 Å². The van der Waals surface area contributed by atoms with Gasteiger partial charge < -0.3 is 10.9 Å². The van der Waals surface area contributed by atoms with Crippen LogP contribution >= 0.6 is 0 Å². The smallest absolute Gasteiger partial charge is 0.212 e. The minimum Gasteiger partial charge on any atom is -0.409 e. The molecule has 0 heterocycles. The Balaban J connectivity index is 2.55. The summed E-state index contributed by atoms with van der Waals surface area (Å²) in [6.07, 6.45) is 4.15. The second kappa shape index (κ2) is 6.38. The van der Waals surface area contributed by atoms with E-state index in [4.69, 9.17) is 10.9 Å². The van der Waals surface area contributed by atoms with Crippen LogP contribution in [0.2, 0.25) is 0 Å². The summed E-state index contributed by atoms with van der Waals surface area (Å²) in [6, 6.07) is -0.651. The first kappa shape index (κ1) is 15.2. The first-order chi connectivity index (χ1) is 8.35. The Morgan fingerprint density at radius 3 is 2.50 bits per heavy atom. The molecule has 1 aliphatic carbocycles. The third-order valence-electron chi connectivity index (χ3n) is 3.43. The summed E-state index contributed by atoms with van der Waals surface area (Å²) in [5.41, 5.74) is 5.49. The molecule has 0 amide bonds. The Bertz CT molecular complexity index is 388. The van der Waals surface area contributed by atoms with Crippen LogP contribution in [0.3, 0.4) is 0 Å². The van der Waals surface area contributed by atoms with Crippen LogP contribution in [0.4, 0.5) is 0 Å². The van der Waals surface area contributed by atoms with E-state index in [0.29, 0.717) is 12.3 Å². The van der Waals surface area contributed by atoms with E-state index in [1.165, 1.54) is 6.42 Å². The highest BCUT2D eigenvalue weighted by molar-refractivity contribution is 7.89. The van der Waals surface area contributed by atoms with E-state index >= 15 is 0 Å². The lowest BCUT2D eigenvalue weighted by molar-refractivity contribution is 0.306. The minimum atomic E-state index is -3.37. The van der Waals surface area contributed by atoms with Crippen LogP contribution in [-0.2, 0) is 10.0 Å².